The summed E-state index contributed by atoms with van der Waals surface area (Å²) < 4.78 is 29.7. The van der Waals surface area contributed by atoms with Gasteiger partial charge in [0.1, 0.15) is 5.15 Å². The van der Waals surface area contributed by atoms with Crippen LogP contribution in [0.4, 0.5) is 5.69 Å². The van der Waals surface area contributed by atoms with E-state index in [0.717, 1.165) is 5.69 Å². The van der Waals surface area contributed by atoms with Crippen molar-refractivity contribution in [2.75, 3.05) is 4.72 Å². The molecule has 0 unspecified atom stereocenters. The highest BCUT2D eigenvalue weighted by Crippen LogP contribution is 2.28. The first-order valence-electron chi connectivity index (χ1n) is 7.07. The second kappa shape index (κ2) is 6.99. The fraction of sp³-hybridized carbons (Fsp3) is 0.0625. The van der Waals surface area contributed by atoms with E-state index in [0.29, 0.717) is 26.0 Å². The van der Waals surface area contributed by atoms with Gasteiger partial charge in [-0.3, -0.25) is 4.72 Å². The summed E-state index contributed by atoms with van der Waals surface area (Å²) in [6, 6.07) is 12.7. The molecule has 1 heterocycles. The van der Waals surface area contributed by atoms with E-state index >= 15 is 0 Å². The Balaban J connectivity index is 1.88. The molecule has 0 aliphatic heterocycles. The number of benzene rings is 2. The Morgan fingerprint density at radius 1 is 1.04 bits per heavy atom. The molecule has 9 heteroatoms. The van der Waals surface area contributed by atoms with Crippen molar-refractivity contribution in [2.24, 2.45) is 0 Å². The summed E-state index contributed by atoms with van der Waals surface area (Å²) in [6.07, 6.45) is 0. The molecule has 1 N–H and O–H groups in total. The summed E-state index contributed by atoms with van der Waals surface area (Å²) in [5, 5.41) is 5.26. The molecule has 5 nitrogen and oxygen atoms in total. The van der Waals surface area contributed by atoms with Crippen molar-refractivity contribution in [3.63, 3.8) is 0 Å². The fourth-order valence-corrected chi connectivity index (χ4v) is 3.85. The normalized spacial score (nSPS) is 11.5. The Morgan fingerprint density at radius 3 is 2.16 bits per heavy atom. The highest BCUT2D eigenvalue weighted by Gasteiger charge is 2.16. The van der Waals surface area contributed by atoms with Gasteiger partial charge in [-0.25, -0.2) is 13.1 Å². The van der Waals surface area contributed by atoms with Crippen LogP contribution in [0.3, 0.4) is 0 Å². The minimum absolute atomic E-state index is 0.130. The third-order valence-electron chi connectivity index (χ3n) is 3.42. The first kappa shape index (κ1) is 18.3. The van der Waals surface area contributed by atoms with E-state index in [1.165, 1.54) is 16.8 Å². The van der Waals surface area contributed by atoms with Crippen molar-refractivity contribution in [3.8, 4) is 5.69 Å². The van der Waals surface area contributed by atoms with E-state index in [2.05, 4.69) is 25.8 Å². The standard InChI is InChI=1S/C16H12BrCl2N3O2S/c1-10-15(17)16(19)22(20-10)13-6-8-14(9-7-13)25(23,24)21-12-4-2-11(18)3-5-12/h2-9,21H,1H3. The fourth-order valence-electron chi connectivity index (χ4n) is 2.15. The van der Waals surface area contributed by atoms with E-state index in [4.69, 9.17) is 23.2 Å². The smallest absolute Gasteiger partial charge is 0.261 e. The molecule has 2 aromatic carbocycles. The molecule has 0 spiro atoms. The number of nitrogens with one attached hydrogen (secondary N) is 1. The van der Waals surface area contributed by atoms with Gasteiger partial charge in [0.2, 0.25) is 0 Å². The number of rotatable bonds is 4. The van der Waals surface area contributed by atoms with E-state index < -0.39 is 10.0 Å². The predicted molar refractivity (Wildman–Crippen MR) is 103 cm³/mol. The number of aromatic nitrogens is 2. The van der Waals surface area contributed by atoms with Crippen molar-refractivity contribution in [3.05, 3.63) is 68.9 Å². The molecule has 0 saturated heterocycles. The average Bonchev–Trinajstić information content (AvgIpc) is 2.84. The molecule has 3 rings (SSSR count). The number of nitrogens with zero attached hydrogens (tertiary/aromatic N) is 2. The number of sulfonamides is 1. The van der Waals surface area contributed by atoms with Gasteiger partial charge in [0.05, 0.1) is 20.7 Å². The maximum absolute atomic E-state index is 12.5. The minimum Gasteiger partial charge on any atom is -0.280 e. The van der Waals surface area contributed by atoms with Crippen molar-refractivity contribution in [1.82, 2.24) is 9.78 Å². The van der Waals surface area contributed by atoms with Crippen LogP contribution in [0.15, 0.2) is 57.9 Å². The first-order valence-corrected chi connectivity index (χ1v) is 10.1. The molecule has 0 amide bonds. The van der Waals surface area contributed by atoms with E-state index in [9.17, 15) is 8.42 Å². The molecule has 0 radical (unpaired) electrons. The lowest BCUT2D eigenvalue weighted by Gasteiger charge is -2.09. The van der Waals surface area contributed by atoms with Gasteiger partial charge in [0.25, 0.3) is 10.0 Å². The van der Waals surface area contributed by atoms with Gasteiger partial charge < -0.3 is 0 Å². The zero-order chi connectivity index (χ0) is 18.2. The quantitative estimate of drug-likeness (QED) is 0.592. The van der Waals surface area contributed by atoms with Crippen LogP contribution < -0.4 is 4.72 Å². The molecular weight excluding hydrogens is 449 g/mol. The SMILES string of the molecule is Cc1nn(-c2ccc(S(=O)(=O)Nc3ccc(Cl)cc3)cc2)c(Cl)c1Br. The third kappa shape index (κ3) is 3.84. The monoisotopic (exact) mass is 459 g/mol. The number of hydrogen-bond donors (Lipinski definition) is 1. The Bertz CT molecular complexity index is 1020. The Labute approximate surface area is 163 Å². The van der Waals surface area contributed by atoms with Gasteiger partial charge in [-0.05, 0) is 71.4 Å². The maximum Gasteiger partial charge on any atom is 0.261 e. The summed E-state index contributed by atoms with van der Waals surface area (Å²) in [5.74, 6) is 0. The van der Waals surface area contributed by atoms with Crippen molar-refractivity contribution < 1.29 is 8.42 Å². The third-order valence-corrected chi connectivity index (χ3v) is 6.60. The second-order valence-electron chi connectivity index (χ2n) is 5.21. The molecule has 0 bridgehead atoms. The molecule has 0 fully saturated rings. The van der Waals surface area contributed by atoms with Crippen molar-refractivity contribution in [2.45, 2.75) is 11.8 Å². The lowest BCUT2D eigenvalue weighted by Crippen LogP contribution is -2.13. The molecule has 3 aromatic rings. The van der Waals surface area contributed by atoms with Gasteiger partial charge in [-0.15, -0.1) is 0 Å². The number of halogens is 3. The predicted octanol–water partition coefficient (Wildman–Crippen LogP) is 5.05. The number of aryl methyl sites for hydroxylation is 1. The summed E-state index contributed by atoms with van der Waals surface area (Å²) in [6.45, 7) is 1.82. The summed E-state index contributed by atoms with van der Waals surface area (Å²) in [5.41, 5.74) is 1.83. The van der Waals surface area contributed by atoms with Crippen LogP contribution in [0.2, 0.25) is 10.2 Å². The zero-order valence-corrected chi connectivity index (χ0v) is 16.8. The van der Waals surface area contributed by atoms with E-state index in [-0.39, 0.29) is 4.90 Å². The minimum atomic E-state index is -3.70. The molecule has 130 valence electrons. The average molecular weight is 461 g/mol. The molecule has 0 saturated carbocycles. The highest BCUT2D eigenvalue weighted by atomic mass is 79.9. The molecule has 0 atom stereocenters. The topological polar surface area (TPSA) is 64.0 Å². The molecule has 0 aliphatic rings. The first-order chi connectivity index (χ1) is 11.8. The highest BCUT2D eigenvalue weighted by molar-refractivity contribution is 9.10. The van der Waals surface area contributed by atoms with Gasteiger partial charge in [0.15, 0.2) is 0 Å². The van der Waals surface area contributed by atoms with Crippen molar-refractivity contribution >= 4 is 54.8 Å². The molecule has 25 heavy (non-hydrogen) atoms. The molecule has 1 aromatic heterocycles. The van der Waals surface area contributed by atoms with Crippen LogP contribution in [0.5, 0.6) is 0 Å². The lowest BCUT2D eigenvalue weighted by atomic mass is 10.3. The lowest BCUT2D eigenvalue weighted by molar-refractivity contribution is 0.601. The van der Waals surface area contributed by atoms with Crippen LogP contribution in [0.1, 0.15) is 5.69 Å². The van der Waals surface area contributed by atoms with Crippen LogP contribution in [-0.4, -0.2) is 18.2 Å². The van der Waals surface area contributed by atoms with Gasteiger partial charge in [-0.2, -0.15) is 5.10 Å². The molecular formula is C16H12BrCl2N3O2S. The largest absolute Gasteiger partial charge is 0.280 e. The van der Waals surface area contributed by atoms with Gasteiger partial charge in [-0.1, -0.05) is 23.2 Å². The van der Waals surface area contributed by atoms with Gasteiger partial charge >= 0.3 is 0 Å². The Morgan fingerprint density at radius 2 is 1.64 bits per heavy atom. The van der Waals surface area contributed by atoms with Crippen LogP contribution in [0.25, 0.3) is 5.69 Å². The van der Waals surface area contributed by atoms with Crippen molar-refractivity contribution in [1.29, 1.82) is 0 Å². The van der Waals surface area contributed by atoms with E-state index in [1.807, 2.05) is 6.92 Å². The number of hydrogen-bond acceptors (Lipinski definition) is 3. The summed E-state index contributed by atoms with van der Waals surface area (Å²) in [4.78, 5) is 0.130. The summed E-state index contributed by atoms with van der Waals surface area (Å²) >= 11 is 15.4. The zero-order valence-electron chi connectivity index (χ0n) is 12.9. The second-order valence-corrected chi connectivity index (χ2v) is 8.48. The Kier molecular flexibility index (Phi) is 5.11. The van der Waals surface area contributed by atoms with Crippen LogP contribution in [0, 0.1) is 6.92 Å². The Hall–Kier alpha value is -1.54. The van der Waals surface area contributed by atoms with E-state index in [1.54, 1.807) is 36.4 Å². The molecule has 0 aliphatic carbocycles. The van der Waals surface area contributed by atoms with Crippen LogP contribution >= 0.6 is 39.1 Å². The summed E-state index contributed by atoms with van der Waals surface area (Å²) in [7, 11) is -3.70. The maximum atomic E-state index is 12.5. The number of anilines is 1. The van der Waals surface area contributed by atoms with Crippen LogP contribution in [-0.2, 0) is 10.0 Å². The van der Waals surface area contributed by atoms with Gasteiger partial charge in [0, 0.05) is 10.7 Å².